The lowest BCUT2D eigenvalue weighted by atomic mass is 10.1. The van der Waals surface area contributed by atoms with Crippen LogP contribution in [0.4, 0.5) is 0 Å². The Morgan fingerprint density at radius 1 is 1.19 bits per heavy atom. The van der Waals surface area contributed by atoms with Crippen LogP contribution in [0.2, 0.25) is 0 Å². The van der Waals surface area contributed by atoms with Gasteiger partial charge >= 0.3 is 0 Å². The quantitative estimate of drug-likeness (QED) is 0.757. The molecule has 0 radical (unpaired) electrons. The zero-order valence-electron chi connectivity index (χ0n) is 15.7. The maximum absolute atomic E-state index is 12.7. The highest BCUT2D eigenvalue weighted by Gasteiger charge is 2.27. The average Bonchev–Trinajstić information content (AvgIpc) is 3.33. The van der Waals surface area contributed by atoms with Crippen molar-refractivity contribution in [3.8, 4) is 0 Å². The first kappa shape index (κ1) is 19.9. The summed E-state index contributed by atoms with van der Waals surface area (Å²) in [5.74, 6) is -0.481. The SMILES string of the molecule is CN(CC(=O)NC1CCCC1)S(=O)(=O)c1c[nH]c(C(=O)N2CCCCC2)c1. The van der Waals surface area contributed by atoms with E-state index in [1.807, 2.05) is 0 Å². The first-order valence-electron chi connectivity index (χ1n) is 9.61. The monoisotopic (exact) mass is 396 g/mol. The van der Waals surface area contributed by atoms with Crippen LogP contribution in [0.1, 0.15) is 55.4 Å². The van der Waals surface area contributed by atoms with Crippen LogP contribution in [0.15, 0.2) is 17.2 Å². The minimum absolute atomic E-state index is 0.000902. The van der Waals surface area contributed by atoms with Crippen LogP contribution in [0, 0.1) is 0 Å². The first-order chi connectivity index (χ1) is 12.9. The number of nitrogens with zero attached hydrogens (tertiary/aromatic N) is 2. The predicted octanol–water partition coefficient (Wildman–Crippen LogP) is 1.32. The lowest BCUT2D eigenvalue weighted by molar-refractivity contribution is -0.121. The fourth-order valence-corrected chi connectivity index (χ4v) is 4.85. The molecule has 0 spiro atoms. The number of nitrogens with one attached hydrogen (secondary N) is 2. The highest BCUT2D eigenvalue weighted by atomic mass is 32.2. The van der Waals surface area contributed by atoms with Crippen LogP contribution < -0.4 is 5.32 Å². The number of aromatic nitrogens is 1. The van der Waals surface area contributed by atoms with Gasteiger partial charge < -0.3 is 15.2 Å². The molecule has 9 heteroatoms. The molecule has 2 N–H and O–H groups in total. The summed E-state index contributed by atoms with van der Waals surface area (Å²) in [6.07, 6.45) is 8.45. The largest absolute Gasteiger partial charge is 0.356 e. The minimum Gasteiger partial charge on any atom is -0.356 e. The zero-order valence-corrected chi connectivity index (χ0v) is 16.6. The summed E-state index contributed by atoms with van der Waals surface area (Å²) in [6, 6.07) is 1.51. The van der Waals surface area contributed by atoms with Crippen LogP contribution >= 0.6 is 0 Å². The van der Waals surface area contributed by atoms with Crippen molar-refractivity contribution in [2.75, 3.05) is 26.7 Å². The number of aromatic amines is 1. The van der Waals surface area contributed by atoms with E-state index in [0.717, 1.165) is 49.3 Å². The van der Waals surface area contributed by atoms with E-state index >= 15 is 0 Å². The summed E-state index contributed by atoms with van der Waals surface area (Å²) >= 11 is 0. The van der Waals surface area contributed by atoms with Crippen molar-refractivity contribution in [1.29, 1.82) is 0 Å². The Kier molecular flexibility index (Phi) is 6.21. The van der Waals surface area contributed by atoms with Crippen LogP contribution in [0.3, 0.4) is 0 Å². The standard InChI is InChI=1S/C18H28N4O4S/c1-21(13-17(23)20-14-7-3-4-8-14)27(25,26)15-11-16(19-12-15)18(24)22-9-5-2-6-10-22/h11-12,14,19H,2-10,13H2,1H3,(H,20,23). The van der Waals surface area contributed by atoms with Crippen molar-refractivity contribution in [3.63, 3.8) is 0 Å². The van der Waals surface area contributed by atoms with Crippen molar-refractivity contribution >= 4 is 21.8 Å². The maximum atomic E-state index is 12.7. The maximum Gasteiger partial charge on any atom is 0.270 e. The molecule has 0 unspecified atom stereocenters. The van der Waals surface area contributed by atoms with Crippen LogP contribution in [0.5, 0.6) is 0 Å². The summed E-state index contributed by atoms with van der Waals surface area (Å²) in [5, 5.41) is 2.89. The normalized spacial score (nSPS) is 18.8. The summed E-state index contributed by atoms with van der Waals surface area (Å²) in [6.45, 7) is 1.15. The highest BCUT2D eigenvalue weighted by molar-refractivity contribution is 7.89. The number of likely N-dealkylation sites (tertiary alicyclic amines) is 1. The Labute approximate surface area is 160 Å². The third-order valence-electron chi connectivity index (χ3n) is 5.32. The van der Waals surface area contributed by atoms with Gasteiger partial charge in [-0.05, 0) is 38.2 Å². The van der Waals surface area contributed by atoms with E-state index in [1.165, 1.54) is 19.3 Å². The number of H-pyrrole nitrogens is 1. The van der Waals surface area contributed by atoms with Crippen molar-refractivity contribution < 1.29 is 18.0 Å². The van der Waals surface area contributed by atoms with E-state index < -0.39 is 10.0 Å². The van der Waals surface area contributed by atoms with Crippen molar-refractivity contribution in [3.05, 3.63) is 18.0 Å². The van der Waals surface area contributed by atoms with Gasteiger partial charge in [0.05, 0.1) is 6.54 Å². The van der Waals surface area contributed by atoms with E-state index in [-0.39, 0.29) is 35.0 Å². The van der Waals surface area contributed by atoms with Crippen LogP contribution in [0.25, 0.3) is 0 Å². The molecule has 1 saturated carbocycles. The van der Waals surface area contributed by atoms with Gasteiger partial charge in [-0.15, -0.1) is 0 Å². The van der Waals surface area contributed by atoms with E-state index in [2.05, 4.69) is 10.3 Å². The number of carbonyl (C=O) groups excluding carboxylic acids is 2. The molecule has 27 heavy (non-hydrogen) atoms. The number of carbonyl (C=O) groups is 2. The second-order valence-electron chi connectivity index (χ2n) is 7.41. The smallest absolute Gasteiger partial charge is 0.270 e. The van der Waals surface area contributed by atoms with Gasteiger partial charge in [-0.3, -0.25) is 9.59 Å². The Morgan fingerprint density at radius 3 is 2.52 bits per heavy atom. The number of sulfonamides is 1. The molecule has 1 saturated heterocycles. The molecule has 8 nitrogen and oxygen atoms in total. The molecule has 1 aromatic heterocycles. The second-order valence-corrected chi connectivity index (χ2v) is 9.46. The van der Waals surface area contributed by atoms with Gasteiger partial charge in [0.2, 0.25) is 15.9 Å². The third kappa shape index (κ3) is 4.70. The molecular formula is C18H28N4O4S. The molecule has 0 atom stereocenters. The Bertz CT molecular complexity index is 777. The number of amides is 2. The number of piperidine rings is 1. The molecule has 1 aromatic rings. The summed E-state index contributed by atoms with van der Waals surface area (Å²) < 4.78 is 26.5. The van der Waals surface area contributed by atoms with Gasteiger partial charge in [0, 0.05) is 32.4 Å². The van der Waals surface area contributed by atoms with Crippen LogP contribution in [-0.4, -0.2) is 67.1 Å². The van der Waals surface area contributed by atoms with Gasteiger partial charge in [0.1, 0.15) is 10.6 Å². The highest BCUT2D eigenvalue weighted by Crippen LogP contribution is 2.19. The molecule has 2 amide bonds. The van der Waals surface area contributed by atoms with Gasteiger partial charge in [-0.1, -0.05) is 12.8 Å². The van der Waals surface area contributed by atoms with E-state index in [9.17, 15) is 18.0 Å². The van der Waals surface area contributed by atoms with Gasteiger partial charge in [0.25, 0.3) is 5.91 Å². The second kappa shape index (κ2) is 8.43. The lowest BCUT2D eigenvalue weighted by Gasteiger charge is -2.26. The lowest BCUT2D eigenvalue weighted by Crippen LogP contribution is -2.41. The van der Waals surface area contributed by atoms with Gasteiger partial charge in [0.15, 0.2) is 0 Å². The molecule has 2 heterocycles. The number of likely N-dealkylation sites (N-methyl/N-ethyl adjacent to an activating group) is 1. The number of rotatable bonds is 6. The fourth-order valence-electron chi connectivity index (χ4n) is 3.72. The van der Waals surface area contributed by atoms with Crippen molar-refractivity contribution in [2.45, 2.75) is 55.9 Å². The fraction of sp³-hybridized carbons (Fsp3) is 0.667. The average molecular weight is 397 g/mol. The molecule has 0 aromatic carbocycles. The summed E-state index contributed by atoms with van der Waals surface area (Å²) in [4.78, 5) is 29.1. The topological polar surface area (TPSA) is 103 Å². The van der Waals surface area contributed by atoms with Crippen molar-refractivity contribution in [2.24, 2.45) is 0 Å². The summed E-state index contributed by atoms with van der Waals surface area (Å²) in [5.41, 5.74) is 0.263. The Balaban J connectivity index is 1.62. The molecule has 2 aliphatic rings. The van der Waals surface area contributed by atoms with E-state index in [1.54, 1.807) is 4.90 Å². The van der Waals surface area contributed by atoms with E-state index in [4.69, 9.17) is 0 Å². The summed E-state index contributed by atoms with van der Waals surface area (Å²) in [7, 11) is -2.46. The zero-order chi connectivity index (χ0) is 19.4. The number of hydrogen-bond donors (Lipinski definition) is 2. The first-order valence-corrected chi connectivity index (χ1v) is 11.1. The van der Waals surface area contributed by atoms with Gasteiger partial charge in [-0.2, -0.15) is 4.31 Å². The Hall–Kier alpha value is -1.87. The number of hydrogen-bond acceptors (Lipinski definition) is 4. The minimum atomic E-state index is -3.84. The Morgan fingerprint density at radius 2 is 1.85 bits per heavy atom. The molecule has 1 aliphatic heterocycles. The molecule has 2 fully saturated rings. The third-order valence-corrected chi connectivity index (χ3v) is 7.11. The molecule has 0 bridgehead atoms. The molecule has 1 aliphatic carbocycles. The molecular weight excluding hydrogens is 368 g/mol. The predicted molar refractivity (Wildman–Crippen MR) is 101 cm³/mol. The van der Waals surface area contributed by atoms with E-state index in [0.29, 0.717) is 13.1 Å². The van der Waals surface area contributed by atoms with Gasteiger partial charge in [-0.25, -0.2) is 8.42 Å². The van der Waals surface area contributed by atoms with Crippen LogP contribution in [-0.2, 0) is 14.8 Å². The molecule has 3 rings (SSSR count). The molecule has 150 valence electrons. The van der Waals surface area contributed by atoms with Crippen molar-refractivity contribution in [1.82, 2.24) is 19.5 Å².